The fourth-order valence-electron chi connectivity index (χ4n) is 1.57. The van der Waals surface area contributed by atoms with Gasteiger partial charge in [0, 0.05) is 11.1 Å². The number of aldehydes is 2. The van der Waals surface area contributed by atoms with E-state index in [2.05, 4.69) is 0 Å². The third-order valence-corrected chi connectivity index (χ3v) is 2.34. The topological polar surface area (TPSA) is 34.1 Å². The first kappa shape index (κ1) is 15.2. The van der Waals surface area contributed by atoms with Gasteiger partial charge in [-0.25, -0.2) is 0 Å². The van der Waals surface area contributed by atoms with Gasteiger partial charge in [0.2, 0.25) is 0 Å². The van der Waals surface area contributed by atoms with Gasteiger partial charge in [0.1, 0.15) is 12.6 Å². The lowest BCUT2D eigenvalue weighted by atomic mass is 9.92. The highest BCUT2D eigenvalue weighted by atomic mass is 19.4. The Kier molecular flexibility index (Phi) is 4.02. The highest BCUT2D eigenvalue weighted by Crippen LogP contribution is 2.47. The zero-order valence-corrected chi connectivity index (χ0v) is 9.05. The van der Waals surface area contributed by atoms with Crippen LogP contribution in [0, 0.1) is 0 Å². The van der Waals surface area contributed by atoms with Crippen molar-refractivity contribution >= 4 is 12.6 Å². The summed E-state index contributed by atoms with van der Waals surface area (Å²) in [5.74, 6) is -3.76. The molecular formula is C11H6F6O2. The van der Waals surface area contributed by atoms with Crippen molar-refractivity contribution in [2.24, 2.45) is 0 Å². The van der Waals surface area contributed by atoms with Crippen LogP contribution in [-0.2, 0) is 0 Å². The van der Waals surface area contributed by atoms with Crippen LogP contribution in [-0.4, -0.2) is 24.9 Å². The zero-order valence-electron chi connectivity index (χ0n) is 9.05. The second-order valence-corrected chi connectivity index (χ2v) is 3.64. The van der Waals surface area contributed by atoms with E-state index in [0.29, 0.717) is 12.1 Å². The number of halogens is 6. The summed E-state index contributed by atoms with van der Waals surface area (Å²) < 4.78 is 75.0. The van der Waals surface area contributed by atoms with E-state index in [-0.39, 0.29) is 18.1 Å². The molecule has 0 aliphatic rings. The molecule has 0 fully saturated rings. The third-order valence-electron chi connectivity index (χ3n) is 2.34. The van der Waals surface area contributed by atoms with Gasteiger partial charge in [-0.05, 0) is 11.6 Å². The lowest BCUT2D eigenvalue weighted by Gasteiger charge is -2.24. The van der Waals surface area contributed by atoms with Gasteiger partial charge in [-0.2, -0.15) is 26.3 Å². The monoisotopic (exact) mass is 284 g/mol. The summed E-state index contributed by atoms with van der Waals surface area (Å²) in [4.78, 5) is 21.0. The first-order chi connectivity index (χ1) is 8.61. The SMILES string of the molecule is O=Cc1ccc(C(C(F)(F)F)C(F)(F)F)c(C=O)c1. The fourth-order valence-corrected chi connectivity index (χ4v) is 1.57. The van der Waals surface area contributed by atoms with Crippen molar-refractivity contribution < 1.29 is 35.9 Å². The summed E-state index contributed by atoms with van der Waals surface area (Å²) in [6, 6.07) is 1.96. The number of benzene rings is 1. The molecule has 0 amide bonds. The van der Waals surface area contributed by atoms with Gasteiger partial charge in [-0.1, -0.05) is 12.1 Å². The molecule has 0 bridgehead atoms. The van der Waals surface area contributed by atoms with Crippen LogP contribution in [0.4, 0.5) is 26.3 Å². The molecule has 8 heteroatoms. The van der Waals surface area contributed by atoms with Gasteiger partial charge in [0.15, 0.2) is 5.92 Å². The summed E-state index contributed by atoms with van der Waals surface area (Å²) in [6.45, 7) is 0. The van der Waals surface area contributed by atoms with Crippen molar-refractivity contribution in [3.63, 3.8) is 0 Å². The summed E-state index contributed by atoms with van der Waals surface area (Å²) in [6.07, 6.45) is -11.1. The Balaban J connectivity index is 3.47. The molecule has 104 valence electrons. The average molecular weight is 284 g/mol. The summed E-state index contributed by atoms with van der Waals surface area (Å²) in [7, 11) is 0. The smallest absolute Gasteiger partial charge is 0.298 e. The van der Waals surface area contributed by atoms with Crippen molar-refractivity contribution in [1.82, 2.24) is 0 Å². The molecule has 0 aromatic heterocycles. The van der Waals surface area contributed by atoms with E-state index in [4.69, 9.17) is 0 Å². The molecule has 0 N–H and O–H groups in total. The van der Waals surface area contributed by atoms with Crippen LogP contribution in [0.25, 0.3) is 0 Å². The van der Waals surface area contributed by atoms with Gasteiger partial charge in [0.05, 0.1) is 0 Å². The summed E-state index contributed by atoms with van der Waals surface area (Å²) in [5.41, 5.74) is -2.22. The molecule has 0 unspecified atom stereocenters. The van der Waals surface area contributed by atoms with Crippen LogP contribution in [0.3, 0.4) is 0 Å². The normalized spacial score (nSPS) is 12.6. The zero-order chi connectivity index (χ0) is 14.8. The highest BCUT2D eigenvalue weighted by molar-refractivity contribution is 5.83. The Bertz CT molecular complexity index is 475. The van der Waals surface area contributed by atoms with Crippen molar-refractivity contribution in [2.75, 3.05) is 0 Å². The molecule has 2 nitrogen and oxygen atoms in total. The van der Waals surface area contributed by atoms with Crippen molar-refractivity contribution in [3.8, 4) is 0 Å². The van der Waals surface area contributed by atoms with Crippen LogP contribution >= 0.6 is 0 Å². The molecule has 0 saturated carbocycles. The first-order valence-electron chi connectivity index (χ1n) is 4.79. The molecule has 0 aliphatic heterocycles. The minimum Gasteiger partial charge on any atom is -0.298 e. The van der Waals surface area contributed by atoms with Crippen LogP contribution in [0.15, 0.2) is 18.2 Å². The molecule has 0 heterocycles. The lowest BCUT2D eigenvalue weighted by Crippen LogP contribution is -2.34. The number of alkyl halides is 6. The Morgan fingerprint density at radius 3 is 1.79 bits per heavy atom. The number of rotatable bonds is 3. The van der Waals surface area contributed by atoms with Crippen LogP contribution < -0.4 is 0 Å². The van der Waals surface area contributed by atoms with Crippen molar-refractivity contribution in [2.45, 2.75) is 18.3 Å². The molecule has 1 rings (SSSR count). The number of hydrogen-bond donors (Lipinski definition) is 0. The minimum absolute atomic E-state index is 0.146. The summed E-state index contributed by atoms with van der Waals surface area (Å²) >= 11 is 0. The van der Waals surface area contributed by atoms with Crippen LogP contribution in [0.2, 0.25) is 0 Å². The number of hydrogen-bond acceptors (Lipinski definition) is 2. The fraction of sp³-hybridized carbons (Fsp3) is 0.273. The second-order valence-electron chi connectivity index (χ2n) is 3.64. The van der Waals surface area contributed by atoms with Crippen molar-refractivity contribution in [3.05, 3.63) is 34.9 Å². The Morgan fingerprint density at radius 1 is 0.895 bits per heavy atom. The minimum atomic E-state index is -5.58. The Labute approximate surface area is 103 Å². The Morgan fingerprint density at radius 2 is 1.42 bits per heavy atom. The molecule has 0 atom stereocenters. The van der Waals surface area contributed by atoms with E-state index in [9.17, 15) is 35.9 Å². The maximum absolute atomic E-state index is 12.5. The lowest BCUT2D eigenvalue weighted by molar-refractivity contribution is -0.253. The van der Waals surface area contributed by atoms with E-state index in [1.54, 1.807) is 0 Å². The molecule has 1 aromatic carbocycles. The molecular weight excluding hydrogens is 278 g/mol. The van der Waals surface area contributed by atoms with E-state index in [0.717, 1.165) is 6.07 Å². The largest absolute Gasteiger partial charge is 0.404 e. The first-order valence-corrected chi connectivity index (χ1v) is 4.79. The third kappa shape index (κ3) is 3.33. The number of carbonyl (C=O) groups is 2. The molecule has 0 radical (unpaired) electrons. The number of carbonyl (C=O) groups excluding carboxylic acids is 2. The van der Waals surface area contributed by atoms with Crippen LogP contribution in [0.1, 0.15) is 32.2 Å². The van der Waals surface area contributed by atoms with E-state index in [1.165, 1.54) is 0 Å². The predicted molar refractivity (Wildman–Crippen MR) is 52.1 cm³/mol. The van der Waals surface area contributed by atoms with E-state index < -0.39 is 29.4 Å². The van der Waals surface area contributed by atoms with Gasteiger partial charge in [-0.15, -0.1) is 0 Å². The van der Waals surface area contributed by atoms with E-state index in [1.807, 2.05) is 0 Å². The van der Waals surface area contributed by atoms with Crippen molar-refractivity contribution in [1.29, 1.82) is 0 Å². The molecule has 0 spiro atoms. The standard InChI is InChI=1S/C11H6F6O2/c12-10(13,14)9(11(15,16)17)8-2-1-6(4-18)3-7(8)5-19/h1-5,9H. The van der Waals surface area contributed by atoms with Gasteiger partial charge < -0.3 is 0 Å². The highest BCUT2D eigenvalue weighted by Gasteiger charge is 2.58. The Hall–Kier alpha value is -1.86. The quantitative estimate of drug-likeness (QED) is 0.628. The maximum atomic E-state index is 12.5. The molecule has 0 saturated heterocycles. The molecule has 0 aliphatic carbocycles. The van der Waals surface area contributed by atoms with Crippen LogP contribution in [0.5, 0.6) is 0 Å². The molecule has 1 aromatic rings. The van der Waals surface area contributed by atoms with Gasteiger partial charge in [0.25, 0.3) is 0 Å². The van der Waals surface area contributed by atoms with E-state index >= 15 is 0 Å². The summed E-state index contributed by atoms with van der Waals surface area (Å²) in [5, 5.41) is 0. The second kappa shape index (κ2) is 5.02. The molecule has 19 heavy (non-hydrogen) atoms. The average Bonchev–Trinajstić information content (AvgIpc) is 2.25. The maximum Gasteiger partial charge on any atom is 0.404 e. The van der Waals surface area contributed by atoms with Gasteiger partial charge >= 0.3 is 12.4 Å². The predicted octanol–water partition coefficient (Wildman–Crippen LogP) is 3.52. The van der Waals surface area contributed by atoms with Gasteiger partial charge in [-0.3, -0.25) is 9.59 Å².